The molecule has 0 bridgehead atoms. The number of carbonyl (C=O) groups is 2. The van der Waals surface area contributed by atoms with Crippen LogP contribution in [0.2, 0.25) is 0 Å². The molecule has 1 atom stereocenters. The van der Waals surface area contributed by atoms with E-state index in [2.05, 4.69) is 11.4 Å². The fraction of sp³-hybridized carbons (Fsp3) is 0.480. The van der Waals surface area contributed by atoms with Gasteiger partial charge in [0.2, 0.25) is 0 Å². The molecule has 182 valence electrons. The van der Waals surface area contributed by atoms with E-state index in [9.17, 15) is 19.1 Å². The summed E-state index contributed by atoms with van der Waals surface area (Å²) in [6.45, 7) is 4.49. The van der Waals surface area contributed by atoms with E-state index in [4.69, 9.17) is 9.72 Å². The first-order valence-corrected chi connectivity index (χ1v) is 11.9. The van der Waals surface area contributed by atoms with Crippen molar-refractivity contribution in [3.05, 3.63) is 53.0 Å². The maximum absolute atomic E-state index is 14.4. The van der Waals surface area contributed by atoms with Crippen LogP contribution < -0.4 is 10.1 Å². The van der Waals surface area contributed by atoms with Crippen LogP contribution in [0.4, 0.5) is 15.0 Å². The van der Waals surface area contributed by atoms with Gasteiger partial charge in [0.25, 0.3) is 0 Å². The van der Waals surface area contributed by atoms with Crippen molar-refractivity contribution in [3.63, 3.8) is 0 Å². The number of anilines is 1. The molecule has 2 aliphatic heterocycles. The van der Waals surface area contributed by atoms with Gasteiger partial charge in [-0.2, -0.15) is 0 Å². The van der Waals surface area contributed by atoms with Crippen LogP contribution >= 0.6 is 0 Å². The first-order valence-electron chi connectivity index (χ1n) is 11.9. The molecule has 2 aromatic rings. The molecule has 3 heterocycles. The van der Waals surface area contributed by atoms with Crippen molar-refractivity contribution in [1.29, 1.82) is 0 Å². The molecule has 0 radical (unpaired) electrons. The third kappa shape index (κ3) is 5.40. The van der Waals surface area contributed by atoms with Crippen molar-refractivity contribution < 1.29 is 23.8 Å². The van der Waals surface area contributed by atoms with Crippen molar-refractivity contribution >= 4 is 17.8 Å². The molecule has 1 saturated heterocycles. The molecule has 0 spiro atoms. The van der Waals surface area contributed by atoms with E-state index >= 15 is 0 Å². The van der Waals surface area contributed by atoms with Crippen molar-refractivity contribution in [2.75, 3.05) is 38.1 Å². The van der Waals surface area contributed by atoms with Gasteiger partial charge in [-0.25, -0.2) is 14.2 Å². The van der Waals surface area contributed by atoms with Gasteiger partial charge in [-0.1, -0.05) is 12.1 Å². The summed E-state index contributed by atoms with van der Waals surface area (Å²) in [5, 5.41) is 12.8. The van der Waals surface area contributed by atoms with E-state index < -0.39 is 17.8 Å². The number of nitrogens with one attached hydrogen (secondary N) is 1. The van der Waals surface area contributed by atoms with Gasteiger partial charge in [0.15, 0.2) is 11.6 Å². The molecule has 1 aromatic heterocycles. The van der Waals surface area contributed by atoms with Crippen LogP contribution in [0, 0.1) is 5.82 Å². The summed E-state index contributed by atoms with van der Waals surface area (Å²) < 4.78 is 19.7. The van der Waals surface area contributed by atoms with Crippen molar-refractivity contribution in [3.8, 4) is 5.75 Å². The van der Waals surface area contributed by atoms with Crippen LogP contribution in [0.3, 0.4) is 0 Å². The molecule has 2 aliphatic rings. The minimum absolute atomic E-state index is 0.112. The molecule has 4 rings (SSSR count). The smallest absolute Gasteiger partial charge is 0.320 e. The molecule has 2 amide bonds. The van der Waals surface area contributed by atoms with Crippen LogP contribution in [0.15, 0.2) is 30.3 Å². The average molecular weight is 471 g/mol. The maximum Gasteiger partial charge on any atom is 0.320 e. The van der Waals surface area contributed by atoms with E-state index in [0.29, 0.717) is 31.8 Å². The number of nitrogens with zero attached hydrogens (tertiary/aromatic N) is 3. The zero-order valence-electron chi connectivity index (χ0n) is 19.4. The SMILES string of the molecule is CCOc1ccc([C@H](CC(=O)O)N2CCN(CCCc3ccc4c(n3)NCCC4)C2=O)cc1F. The Morgan fingerprint density at radius 3 is 2.91 bits per heavy atom. The molecule has 1 fully saturated rings. The van der Waals surface area contributed by atoms with Gasteiger partial charge in [-0.3, -0.25) is 4.79 Å². The highest BCUT2D eigenvalue weighted by molar-refractivity contribution is 5.78. The second-order valence-corrected chi connectivity index (χ2v) is 8.64. The zero-order valence-corrected chi connectivity index (χ0v) is 19.4. The molecule has 0 aliphatic carbocycles. The number of aryl methyl sites for hydroxylation is 2. The molecule has 8 nitrogen and oxygen atoms in total. The zero-order chi connectivity index (χ0) is 24.1. The van der Waals surface area contributed by atoms with Gasteiger partial charge in [-0.15, -0.1) is 0 Å². The molecule has 0 unspecified atom stereocenters. The highest BCUT2D eigenvalue weighted by Crippen LogP contribution is 2.31. The van der Waals surface area contributed by atoms with Crippen LogP contribution in [-0.4, -0.2) is 64.7 Å². The first kappa shape index (κ1) is 23.8. The van der Waals surface area contributed by atoms with Crippen LogP contribution in [0.1, 0.15) is 49.0 Å². The van der Waals surface area contributed by atoms with E-state index in [1.165, 1.54) is 22.6 Å². The summed E-state index contributed by atoms with van der Waals surface area (Å²) in [7, 11) is 0. The molecule has 9 heteroatoms. The molecule has 1 aromatic carbocycles. The largest absolute Gasteiger partial charge is 0.491 e. The van der Waals surface area contributed by atoms with E-state index in [0.717, 1.165) is 43.7 Å². The van der Waals surface area contributed by atoms with Crippen LogP contribution in [0.25, 0.3) is 0 Å². The van der Waals surface area contributed by atoms with Crippen molar-refractivity contribution in [1.82, 2.24) is 14.8 Å². The maximum atomic E-state index is 14.4. The number of carbonyl (C=O) groups excluding carboxylic acids is 1. The number of ether oxygens (including phenoxy) is 1. The number of urea groups is 1. The number of hydrogen-bond acceptors (Lipinski definition) is 5. The van der Waals surface area contributed by atoms with Gasteiger partial charge in [0.1, 0.15) is 5.82 Å². The fourth-order valence-corrected chi connectivity index (χ4v) is 4.63. The Bertz CT molecular complexity index is 1050. The summed E-state index contributed by atoms with van der Waals surface area (Å²) in [6.07, 6.45) is 3.38. The summed E-state index contributed by atoms with van der Waals surface area (Å²) in [5.41, 5.74) is 2.69. The number of amides is 2. The van der Waals surface area contributed by atoms with Gasteiger partial charge >= 0.3 is 12.0 Å². The predicted octanol–water partition coefficient (Wildman–Crippen LogP) is 3.86. The lowest BCUT2D eigenvalue weighted by atomic mass is 10.0. The minimum atomic E-state index is -1.04. The third-order valence-corrected chi connectivity index (χ3v) is 6.32. The lowest BCUT2D eigenvalue weighted by Crippen LogP contribution is -2.36. The average Bonchev–Trinajstić information content (AvgIpc) is 3.18. The number of aliphatic carboxylic acids is 1. The second-order valence-electron chi connectivity index (χ2n) is 8.64. The van der Waals surface area contributed by atoms with Crippen molar-refractivity contribution in [2.24, 2.45) is 0 Å². The second kappa shape index (κ2) is 10.7. The number of hydrogen-bond donors (Lipinski definition) is 2. The minimum Gasteiger partial charge on any atom is -0.491 e. The lowest BCUT2D eigenvalue weighted by Gasteiger charge is -2.27. The molecule has 0 saturated carbocycles. The number of benzene rings is 1. The monoisotopic (exact) mass is 470 g/mol. The van der Waals surface area contributed by atoms with E-state index in [-0.39, 0.29) is 18.2 Å². The third-order valence-electron chi connectivity index (χ3n) is 6.32. The van der Waals surface area contributed by atoms with Crippen molar-refractivity contribution in [2.45, 2.75) is 45.1 Å². The van der Waals surface area contributed by atoms with Gasteiger partial charge in [-0.05, 0) is 61.9 Å². The summed E-state index contributed by atoms with van der Waals surface area (Å²) >= 11 is 0. The highest BCUT2D eigenvalue weighted by Gasteiger charge is 2.35. The number of fused-ring (bicyclic) bond motifs is 1. The summed E-state index contributed by atoms with van der Waals surface area (Å²) in [4.78, 5) is 32.6. The van der Waals surface area contributed by atoms with Gasteiger partial charge < -0.3 is 25.0 Å². The van der Waals surface area contributed by atoms with Crippen LogP contribution in [-0.2, 0) is 17.6 Å². The summed E-state index contributed by atoms with van der Waals surface area (Å²) in [6, 6.07) is 7.60. The van der Waals surface area contributed by atoms with E-state index in [1.54, 1.807) is 17.9 Å². The Balaban J connectivity index is 1.39. The number of aromatic nitrogens is 1. The number of carboxylic acids is 1. The normalized spacial score (nSPS) is 16.2. The Labute approximate surface area is 198 Å². The number of pyridine rings is 1. The number of rotatable bonds is 10. The fourth-order valence-electron chi connectivity index (χ4n) is 4.63. The molecular formula is C25H31FN4O4. The lowest BCUT2D eigenvalue weighted by molar-refractivity contribution is -0.138. The topological polar surface area (TPSA) is 95.0 Å². The molecule has 2 N–H and O–H groups in total. The highest BCUT2D eigenvalue weighted by atomic mass is 19.1. The van der Waals surface area contributed by atoms with Gasteiger partial charge in [0.05, 0.1) is 19.1 Å². The van der Waals surface area contributed by atoms with Crippen LogP contribution in [0.5, 0.6) is 5.75 Å². The molecule has 34 heavy (non-hydrogen) atoms. The number of carboxylic acid groups (broad SMARTS) is 1. The Hall–Kier alpha value is -3.36. The molecular weight excluding hydrogens is 439 g/mol. The Kier molecular flexibility index (Phi) is 7.49. The predicted molar refractivity (Wildman–Crippen MR) is 126 cm³/mol. The van der Waals surface area contributed by atoms with Gasteiger partial charge in [0, 0.05) is 31.9 Å². The Morgan fingerprint density at radius 1 is 1.29 bits per heavy atom. The first-order chi connectivity index (χ1) is 16.5. The number of halogens is 1. The Morgan fingerprint density at radius 2 is 2.15 bits per heavy atom. The standard InChI is InChI=1S/C25H31FN4O4/c1-2-34-22-10-8-18(15-20(22)26)21(16-23(31)32)30-14-13-29(25(30)33)12-4-6-19-9-7-17-5-3-11-27-24(17)28-19/h7-10,15,21H,2-6,11-14,16H2,1H3,(H,27,28)(H,31,32)/t21-/m0/s1. The quantitative estimate of drug-likeness (QED) is 0.548. The van der Waals surface area contributed by atoms with E-state index in [1.807, 2.05) is 6.07 Å². The summed E-state index contributed by atoms with van der Waals surface area (Å²) in [5.74, 6) is -0.533.